The predicted molar refractivity (Wildman–Crippen MR) is 120 cm³/mol. The van der Waals surface area contributed by atoms with Gasteiger partial charge in [0.05, 0.1) is 11.4 Å². The van der Waals surface area contributed by atoms with Gasteiger partial charge in [0.1, 0.15) is 0 Å². The van der Waals surface area contributed by atoms with Gasteiger partial charge in [-0.05, 0) is 61.1 Å². The molecule has 0 saturated carbocycles. The molecule has 0 unspecified atom stereocenters. The van der Waals surface area contributed by atoms with Crippen LogP contribution in [0.3, 0.4) is 0 Å². The third-order valence-electron chi connectivity index (χ3n) is 6.13. The highest BCUT2D eigenvalue weighted by molar-refractivity contribution is 5.93. The van der Waals surface area contributed by atoms with Crippen molar-refractivity contribution < 1.29 is 4.79 Å². The molecule has 1 N–H and O–H groups in total. The SMILES string of the molecule is CCC(CC)NC(=O)c1nnn(-c2cccc3c2CCN(Cc2ccncc2)C3)c1C. The summed E-state index contributed by atoms with van der Waals surface area (Å²) in [5.74, 6) is -0.147. The van der Waals surface area contributed by atoms with Crippen molar-refractivity contribution in [2.75, 3.05) is 6.54 Å². The Labute approximate surface area is 183 Å². The molecule has 0 aliphatic carbocycles. The van der Waals surface area contributed by atoms with Crippen LogP contribution in [0, 0.1) is 6.92 Å². The zero-order valence-electron chi connectivity index (χ0n) is 18.5. The smallest absolute Gasteiger partial charge is 0.273 e. The molecule has 1 amide bonds. The average Bonchev–Trinajstić information content (AvgIpc) is 3.18. The molecule has 7 heteroatoms. The number of rotatable bonds is 7. The summed E-state index contributed by atoms with van der Waals surface area (Å²) in [5.41, 5.74) is 6.06. The maximum absolute atomic E-state index is 12.7. The van der Waals surface area contributed by atoms with Gasteiger partial charge in [0.15, 0.2) is 5.69 Å². The summed E-state index contributed by atoms with van der Waals surface area (Å²) in [4.78, 5) is 19.3. The van der Waals surface area contributed by atoms with Crippen LogP contribution in [0.2, 0.25) is 0 Å². The Hall–Kier alpha value is -3.06. The number of hydrogen-bond acceptors (Lipinski definition) is 5. The number of aromatic nitrogens is 4. The molecule has 7 nitrogen and oxygen atoms in total. The Morgan fingerprint density at radius 1 is 1.16 bits per heavy atom. The highest BCUT2D eigenvalue weighted by Gasteiger charge is 2.23. The van der Waals surface area contributed by atoms with Crippen LogP contribution in [0.15, 0.2) is 42.7 Å². The van der Waals surface area contributed by atoms with Gasteiger partial charge in [-0.25, -0.2) is 4.68 Å². The number of nitrogens with zero attached hydrogens (tertiary/aromatic N) is 5. The standard InChI is InChI=1S/C24H30N6O/c1-4-20(5-2)26-24(31)23-17(3)30(28-27-23)22-8-6-7-19-16-29(14-11-21(19)22)15-18-9-12-25-13-10-18/h6-10,12-13,20H,4-5,11,14-16H2,1-3H3,(H,26,31). The van der Waals surface area contributed by atoms with E-state index in [-0.39, 0.29) is 11.9 Å². The first kappa shape index (κ1) is 21.2. The normalized spacial score (nSPS) is 13.9. The van der Waals surface area contributed by atoms with Crippen LogP contribution >= 0.6 is 0 Å². The number of hydrogen-bond donors (Lipinski definition) is 1. The Kier molecular flexibility index (Phi) is 6.42. The Balaban J connectivity index is 1.55. The van der Waals surface area contributed by atoms with Crippen LogP contribution in [0.1, 0.15) is 59.6 Å². The first-order valence-corrected chi connectivity index (χ1v) is 11.1. The summed E-state index contributed by atoms with van der Waals surface area (Å²) >= 11 is 0. The summed E-state index contributed by atoms with van der Waals surface area (Å²) < 4.78 is 1.82. The molecule has 31 heavy (non-hydrogen) atoms. The summed E-state index contributed by atoms with van der Waals surface area (Å²) in [6.07, 6.45) is 6.42. The number of nitrogens with one attached hydrogen (secondary N) is 1. The van der Waals surface area contributed by atoms with Crippen molar-refractivity contribution in [3.8, 4) is 5.69 Å². The molecule has 0 atom stereocenters. The molecule has 2 aromatic heterocycles. The topological polar surface area (TPSA) is 75.9 Å². The van der Waals surface area contributed by atoms with E-state index in [9.17, 15) is 4.79 Å². The molecule has 0 radical (unpaired) electrons. The average molecular weight is 419 g/mol. The van der Waals surface area contributed by atoms with Crippen molar-refractivity contribution in [2.45, 2.75) is 59.2 Å². The lowest BCUT2D eigenvalue weighted by Gasteiger charge is -2.30. The minimum absolute atomic E-state index is 0.147. The molecule has 0 bridgehead atoms. The van der Waals surface area contributed by atoms with Gasteiger partial charge in [-0.15, -0.1) is 5.10 Å². The highest BCUT2D eigenvalue weighted by atomic mass is 16.2. The number of carbonyl (C=O) groups excluding carboxylic acids is 1. The van der Waals surface area contributed by atoms with Crippen molar-refractivity contribution in [3.63, 3.8) is 0 Å². The molecule has 0 spiro atoms. The molecule has 4 rings (SSSR count). The number of benzene rings is 1. The van der Waals surface area contributed by atoms with E-state index in [1.165, 1.54) is 16.7 Å². The van der Waals surface area contributed by atoms with Crippen LogP contribution in [0.5, 0.6) is 0 Å². The summed E-state index contributed by atoms with van der Waals surface area (Å²) in [6, 6.07) is 10.6. The number of fused-ring (bicyclic) bond motifs is 1. The van der Waals surface area contributed by atoms with Gasteiger partial charge >= 0.3 is 0 Å². The van der Waals surface area contributed by atoms with Crippen molar-refractivity contribution in [3.05, 3.63) is 70.8 Å². The van der Waals surface area contributed by atoms with Gasteiger partial charge in [-0.1, -0.05) is 31.2 Å². The maximum Gasteiger partial charge on any atom is 0.273 e. The van der Waals surface area contributed by atoms with E-state index in [1.807, 2.05) is 24.0 Å². The van der Waals surface area contributed by atoms with E-state index in [0.717, 1.165) is 50.3 Å². The third-order valence-corrected chi connectivity index (χ3v) is 6.13. The quantitative estimate of drug-likeness (QED) is 0.636. The van der Waals surface area contributed by atoms with Crippen LogP contribution < -0.4 is 5.32 Å². The number of amides is 1. The van der Waals surface area contributed by atoms with E-state index in [2.05, 4.69) is 69.7 Å². The van der Waals surface area contributed by atoms with Crippen molar-refractivity contribution >= 4 is 5.91 Å². The molecule has 1 aliphatic rings. The molecular weight excluding hydrogens is 388 g/mol. The maximum atomic E-state index is 12.7. The lowest BCUT2D eigenvalue weighted by Crippen LogP contribution is -2.34. The predicted octanol–water partition coefficient (Wildman–Crippen LogP) is 3.45. The van der Waals surface area contributed by atoms with E-state index < -0.39 is 0 Å². The second-order valence-electron chi connectivity index (χ2n) is 8.15. The fourth-order valence-electron chi connectivity index (χ4n) is 4.24. The van der Waals surface area contributed by atoms with Gasteiger partial charge < -0.3 is 5.32 Å². The number of pyridine rings is 1. The fraction of sp³-hybridized carbons (Fsp3) is 0.417. The first-order chi connectivity index (χ1) is 15.1. The number of carbonyl (C=O) groups is 1. The molecule has 1 aliphatic heterocycles. The van der Waals surface area contributed by atoms with E-state index >= 15 is 0 Å². The van der Waals surface area contributed by atoms with Gasteiger partial charge in [0.25, 0.3) is 5.91 Å². The molecular formula is C24H30N6O. The molecule has 0 saturated heterocycles. The van der Waals surface area contributed by atoms with Gasteiger partial charge in [-0.3, -0.25) is 14.7 Å². The van der Waals surface area contributed by atoms with E-state index in [4.69, 9.17) is 0 Å². The fourth-order valence-corrected chi connectivity index (χ4v) is 4.24. The highest BCUT2D eigenvalue weighted by Crippen LogP contribution is 2.27. The van der Waals surface area contributed by atoms with Crippen LogP contribution in [-0.4, -0.2) is 43.4 Å². The van der Waals surface area contributed by atoms with Crippen molar-refractivity contribution in [1.29, 1.82) is 0 Å². The second kappa shape index (κ2) is 9.39. The zero-order chi connectivity index (χ0) is 21.8. The van der Waals surface area contributed by atoms with Gasteiger partial charge in [-0.2, -0.15) is 0 Å². The van der Waals surface area contributed by atoms with Gasteiger partial charge in [0.2, 0.25) is 0 Å². The largest absolute Gasteiger partial charge is 0.348 e. The molecule has 0 fully saturated rings. The molecule has 1 aromatic carbocycles. The molecule has 3 aromatic rings. The second-order valence-corrected chi connectivity index (χ2v) is 8.15. The molecule has 162 valence electrons. The summed E-state index contributed by atoms with van der Waals surface area (Å²) in [7, 11) is 0. The van der Waals surface area contributed by atoms with E-state index in [1.54, 1.807) is 0 Å². The third kappa shape index (κ3) is 4.51. The van der Waals surface area contributed by atoms with Crippen LogP contribution in [0.25, 0.3) is 5.69 Å². The van der Waals surface area contributed by atoms with Crippen molar-refractivity contribution in [2.24, 2.45) is 0 Å². The van der Waals surface area contributed by atoms with Crippen LogP contribution in [0.4, 0.5) is 0 Å². The van der Waals surface area contributed by atoms with Crippen molar-refractivity contribution in [1.82, 2.24) is 30.2 Å². The summed E-state index contributed by atoms with van der Waals surface area (Å²) in [6.45, 7) is 8.84. The lowest BCUT2D eigenvalue weighted by atomic mass is 9.97. The Morgan fingerprint density at radius 3 is 2.68 bits per heavy atom. The Bertz CT molecular complexity index is 1040. The van der Waals surface area contributed by atoms with E-state index in [0.29, 0.717) is 5.69 Å². The molecule has 3 heterocycles. The lowest BCUT2D eigenvalue weighted by molar-refractivity contribution is 0.0929. The minimum atomic E-state index is -0.147. The summed E-state index contributed by atoms with van der Waals surface area (Å²) in [5, 5.41) is 11.6. The minimum Gasteiger partial charge on any atom is -0.348 e. The monoisotopic (exact) mass is 418 g/mol. The first-order valence-electron chi connectivity index (χ1n) is 11.1. The Morgan fingerprint density at radius 2 is 1.94 bits per heavy atom. The van der Waals surface area contributed by atoms with Gasteiger partial charge in [0, 0.05) is 38.1 Å². The van der Waals surface area contributed by atoms with Crippen LogP contribution in [-0.2, 0) is 19.5 Å². The zero-order valence-corrected chi connectivity index (χ0v) is 18.5.